The summed E-state index contributed by atoms with van der Waals surface area (Å²) in [5.74, 6) is -0.0883. The SMILES string of the molecule is COC(=O)C(CCSC)NC(=O)Cc1nn(C)c(=O)c2ccccc12. The van der Waals surface area contributed by atoms with E-state index in [9.17, 15) is 14.4 Å². The van der Waals surface area contributed by atoms with E-state index in [0.29, 0.717) is 22.9 Å². The molecule has 2 aromatic rings. The second-order valence-electron chi connectivity index (χ2n) is 5.52. The van der Waals surface area contributed by atoms with Gasteiger partial charge in [0.1, 0.15) is 6.04 Å². The lowest BCUT2D eigenvalue weighted by Crippen LogP contribution is -2.42. The molecule has 0 spiro atoms. The van der Waals surface area contributed by atoms with Crippen molar-refractivity contribution in [3.63, 3.8) is 0 Å². The molecule has 0 fully saturated rings. The van der Waals surface area contributed by atoms with E-state index in [4.69, 9.17) is 4.74 Å². The maximum Gasteiger partial charge on any atom is 0.328 e. The highest BCUT2D eigenvalue weighted by molar-refractivity contribution is 7.98. The number of rotatable bonds is 7. The number of carbonyl (C=O) groups is 2. The van der Waals surface area contributed by atoms with Gasteiger partial charge in [-0.3, -0.25) is 9.59 Å². The topological polar surface area (TPSA) is 90.3 Å². The summed E-state index contributed by atoms with van der Waals surface area (Å²) in [5.41, 5.74) is 0.274. The Morgan fingerprint density at radius 3 is 2.64 bits per heavy atom. The molecule has 1 amide bonds. The van der Waals surface area contributed by atoms with Crippen LogP contribution in [0.25, 0.3) is 10.8 Å². The van der Waals surface area contributed by atoms with Crippen molar-refractivity contribution in [2.45, 2.75) is 18.9 Å². The molecule has 8 heteroatoms. The zero-order valence-corrected chi connectivity index (χ0v) is 15.3. The summed E-state index contributed by atoms with van der Waals surface area (Å²) in [4.78, 5) is 36.3. The highest BCUT2D eigenvalue weighted by Gasteiger charge is 2.22. The molecule has 134 valence electrons. The van der Waals surface area contributed by atoms with Gasteiger partial charge < -0.3 is 10.1 Å². The number of hydrogen-bond donors (Lipinski definition) is 1. The molecule has 1 heterocycles. The molecule has 1 N–H and O–H groups in total. The summed E-state index contributed by atoms with van der Waals surface area (Å²) in [5, 5.41) is 8.04. The summed E-state index contributed by atoms with van der Waals surface area (Å²) in [6, 6.07) is 6.34. The van der Waals surface area contributed by atoms with Gasteiger partial charge in [0.05, 0.1) is 24.6 Å². The van der Waals surface area contributed by atoms with Crippen LogP contribution < -0.4 is 10.9 Å². The first-order valence-electron chi connectivity index (χ1n) is 7.79. The summed E-state index contributed by atoms with van der Waals surface area (Å²) in [6.45, 7) is 0. The van der Waals surface area contributed by atoms with Crippen LogP contribution in [0, 0.1) is 0 Å². The molecule has 25 heavy (non-hydrogen) atoms. The Balaban J connectivity index is 2.22. The fourth-order valence-electron chi connectivity index (χ4n) is 2.53. The monoisotopic (exact) mass is 363 g/mol. The van der Waals surface area contributed by atoms with Crippen molar-refractivity contribution in [2.24, 2.45) is 7.05 Å². The van der Waals surface area contributed by atoms with Crippen molar-refractivity contribution >= 4 is 34.4 Å². The van der Waals surface area contributed by atoms with Gasteiger partial charge in [-0.2, -0.15) is 16.9 Å². The second kappa shape index (κ2) is 8.66. The smallest absolute Gasteiger partial charge is 0.328 e. The Hall–Kier alpha value is -2.35. The standard InChI is InChI=1S/C17H21N3O4S/c1-20-16(22)12-7-5-4-6-11(12)14(19-20)10-15(21)18-13(8-9-25-3)17(23)24-2/h4-7,13H,8-10H2,1-3H3,(H,18,21). The minimum atomic E-state index is -0.691. The predicted molar refractivity (Wildman–Crippen MR) is 97.6 cm³/mol. The van der Waals surface area contributed by atoms with Crippen LogP contribution in [-0.2, 0) is 27.8 Å². The van der Waals surface area contributed by atoms with E-state index in [1.54, 1.807) is 43.1 Å². The van der Waals surface area contributed by atoms with Gasteiger partial charge in [-0.25, -0.2) is 9.48 Å². The molecular weight excluding hydrogens is 342 g/mol. The highest BCUT2D eigenvalue weighted by Crippen LogP contribution is 2.13. The number of ether oxygens (including phenoxy) is 1. The van der Waals surface area contributed by atoms with Crippen LogP contribution in [0.4, 0.5) is 0 Å². The van der Waals surface area contributed by atoms with Crippen molar-refractivity contribution in [3.05, 3.63) is 40.3 Å². The van der Waals surface area contributed by atoms with Gasteiger partial charge in [0.2, 0.25) is 5.91 Å². The van der Waals surface area contributed by atoms with Gasteiger partial charge in [0, 0.05) is 12.4 Å². The third-order valence-corrected chi connectivity index (χ3v) is 4.44. The lowest BCUT2D eigenvalue weighted by molar-refractivity contribution is -0.145. The molecule has 0 saturated carbocycles. The summed E-state index contributed by atoms with van der Waals surface area (Å²) >= 11 is 1.58. The number of aromatic nitrogens is 2. The van der Waals surface area contributed by atoms with Gasteiger partial charge in [0.15, 0.2) is 0 Å². The van der Waals surface area contributed by atoms with Gasteiger partial charge in [0.25, 0.3) is 5.56 Å². The number of nitrogens with one attached hydrogen (secondary N) is 1. The fraction of sp³-hybridized carbons (Fsp3) is 0.412. The lowest BCUT2D eigenvalue weighted by atomic mass is 10.1. The quantitative estimate of drug-likeness (QED) is 0.735. The van der Waals surface area contributed by atoms with E-state index in [1.165, 1.54) is 11.8 Å². The first-order chi connectivity index (χ1) is 12.0. The third-order valence-electron chi connectivity index (χ3n) is 3.79. The zero-order chi connectivity index (χ0) is 18.4. The largest absolute Gasteiger partial charge is 0.467 e. The first-order valence-corrected chi connectivity index (χ1v) is 9.18. The van der Waals surface area contributed by atoms with E-state index in [-0.39, 0.29) is 17.9 Å². The number of carbonyl (C=O) groups excluding carboxylic acids is 2. The Morgan fingerprint density at radius 2 is 2.00 bits per heavy atom. The highest BCUT2D eigenvalue weighted by atomic mass is 32.2. The Bertz CT molecular complexity index is 834. The molecule has 1 unspecified atom stereocenters. The third kappa shape index (κ3) is 4.60. The maximum absolute atomic E-state index is 12.4. The summed E-state index contributed by atoms with van der Waals surface area (Å²) in [7, 11) is 2.84. The molecule has 0 aliphatic heterocycles. The number of esters is 1. The maximum atomic E-state index is 12.4. The number of benzene rings is 1. The van der Waals surface area contributed by atoms with Crippen LogP contribution in [-0.4, -0.2) is 46.8 Å². The molecule has 0 radical (unpaired) electrons. The Labute approximate surface area is 149 Å². The number of nitrogens with zero attached hydrogens (tertiary/aromatic N) is 2. The van der Waals surface area contributed by atoms with E-state index < -0.39 is 12.0 Å². The van der Waals surface area contributed by atoms with E-state index in [1.807, 2.05) is 6.26 Å². The van der Waals surface area contributed by atoms with Crippen LogP contribution in [0.3, 0.4) is 0 Å². The molecule has 0 aliphatic carbocycles. The van der Waals surface area contributed by atoms with Crippen LogP contribution in [0.1, 0.15) is 12.1 Å². The van der Waals surface area contributed by atoms with Crippen molar-refractivity contribution in [2.75, 3.05) is 19.1 Å². The molecule has 0 saturated heterocycles. The Kier molecular flexibility index (Phi) is 6.58. The Morgan fingerprint density at radius 1 is 1.32 bits per heavy atom. The molecule has 1 aromatic heterocycles. The number of thioether (sulfide) groups is 1. The van der Waals surface area contributed by atoms with Crippen LogP contribution in [0.5, 0.6) is 0 Å². The molecule has 0 bridgehead atoms. The normalized spacial score (nSPS) is 12.0. The fourth-order valence-corrected chi connectivity index (χ4v) is 3.00. The molecule has 1 atom stereocenters. The average molecular weight is 363 g/mol. The number of methoxy groups -OCH3 is 1. The molecule has 0 aliphatic rings. The van der Waals surface area contributed by atoms with Gasteiger partial charge in [-0.1, -0.05) is 18.2 Å². The predicted octanol–water partition coefficient (Wildman–Crippen LogP) is 0.887. The van der Waals surface area contributed by atoms with Crippen LogP contribution in [0.15, 0.2) is 29.1 Å². The second-order valence-corrected chi connectivity index (χ2v) is 6.51. The molecular formula is C17H21N3O4S. The number of aryl methyl sites for hydroxylation is 1. The zero-order valence-electron chi connectivity index (χ0n) is 14.4. The van der Waals surface area contributed by atoms with Crippen molar-refractivity contribution in [1.82, 2.24) is 15.1 Å². The number of amides is 1. The van der Waals surface area contributed by atoms with Gasteiger partial charge in [-0.15, -0.1) is 0 Å². The molecule has 7 nitrogen and oxygen atoms in total. The first kappa shape index (κ1) is 19.0. The van der Waals surface area contributed by atoms with Crippen molar-refractivity contribution in [1.29, 1.82) is 0 Å². The molecule has 1 aromatic carbocycles. The van der Waals surface area contributed by atoms with Gasteiger partial charge >= 0.3 is 5.97 Å². The minimum Gasteiger partial charge on any atom is -0.467 e. The lowest BCUT2D eigenvalue weighted by Gasteiger charge is -2.16. The number of fused-ring (bicyclic) bond motifs is 1. The number of hydrogen-bond acceptors (Lipinski definition) is 6. The van der Waals surface area contributed by atoms with Crippen molar-refractivity contribution in [3.8, 4) is 0 Å². The summed E-state index contributed by atoms with van der Waals surface area (Å²) in [6.07, 6.45) is 2.39. The minimum absolute atomic E-state index is 0.0264. The van der Waals surface area contributed by atoms with E-state index >= 15 is 0 Å². The van der Waals surface area contributed by atoms with Crippen molar-refractivity contribution < 1.29 is 14.3 Å². The molecule has 2 rings (SSSR count). The van der Waals surface area contributed by atoms with Crippen LogP contribution >= 0.6 is 11.8 Å². The van der Waals surface area contributed by atoms with Crippen LogP contribution in [0.2, 0.25) is 0 Å². The summed E-state index contributed by atoms with van der Waals surface area (Å²) < 4.78 is 5.96. The van der Waals surface area contributed by atoms with E-state index in [2.05, 4.69) is 10.4 Å². The average Bonchev–Trinajstić information content (AvgIpc) is 2.62. The van der Waals surface area contributed by atoms with Gasteiger partial charge in [-0.05, 0) is 24.5 Å². The van der Waals surface area contributed by atoms with E-state index in [0.717, 1.165) is 5.75 Å².